The third kappa shape index (κ3) is 2.63. The lowest BCUT2D eigenvalue weighted by Gasteiger charge is -2.19. The zero-order valence-corrected chi connectivity index (χ0v) is 9.72. The molecular weight excluding hydrogens is 227 g/mol. The van der Waals surface area contributed by atoms with Gasteiger partial charge in [-0.15, -0.1) is 0 Å². The van der Waals surface area contributed by atoms with Gasteiger partial charge in [-0.3, -0.25) is 0 Å². The van der Waals surface area contributed by atoms with Crippen molar-refractivity contribution in [2.75, 3.05) is 6.54 Å². The fraction of sp³-hybridized carbons (Fsp3) is 0.538. The van der Waals surface area contributed by atoms with Gasteiger partial charge in [-0.1, -0.05) is 25.5 Å². The number of rotatable bonds is 2. The third-order valence-electron chi connectivity index (χ3n) is 3.47. The number of nitrogens with one attached hydrogen (secondary N) is 1. The van der Waals surface area contributed by atoms with E-state index in [2.05, 4.69) is 12.2 Å². The van der Waals surface area contributed by atoms with Crippen LogP contribution >= 0.6 is 0 Å². The van der Waals surface area contributed by atoms with Gasteiger partial charge in [-0.2, -0.15) is 13.2 Å². The molecule has 1 aliphatic rings. The van der Waals surface area contributed by atoms with Crippen LogP contribution in [0.25, 0.3) is 0 Å². The molecule has 1 aliphatic heterocycles. The molecule has 1 aromatic rings. The Kier molecular flexibility index (Phi) is 3.43. The molecule has 17 heavy (non-hydrogen) atoms. The van der Waals surface area contributed by atoms with E-state index in [0.29, 0.717) is 5.92 Å². The van der Waals surface area contributed by atoms with Gasteiger partial charge in [0.05, 0.1) is 5.56 Å². The Morgan fingerprint density at radius 2 is 1.88 bits per heavy atom. The molecule has 1 fully saturated rings. The van der Waals surface area contributed by atoms with Crippen LogP contribution < -0.4 is 5.32 Å². The second-order valence-corrected chi connectivity index (χ2v) is 4.51. The van der Waals surface area contributed by atoms with Gasteiger partial charge < -0.3 is 5.32 Å². The van der Waals surface area contributed by atoms with Gasteiger partial charge in [0.25, 0.3) is 0 Å². The van der Waals surface area contributed by atoms with Gasteiger partial charge in [-0.25, -0.2) is 0 Å². The Balaban J connectivity index is 2.18. The van der Waals surface area contributed by atoms with Crippen LogP contribution in [-0.2, 0) is 6.18 Å². The molecule has 2 rings (SSSR count). The van der Waals surface area contributed by atoms with Crippen LogP contribution in [-0.4, -0.2) is 6.54 Å². The number of alkyl halides is 3. The topological polar surface area (TPSA) is 12.0 Å². The number of hydrogen-bond acceptors (Lipinski definition) is 1. The van der Waals surface area contributed by atoms with Crippen molar-refractivity contribution in [1.82, 2.24) is 5.32 Å². The first-order valence-corrected chi connectivity index (χ1v) is 5.93. The summed E-state index contributed by atoms with van der Waals surface area (Å²) in [6.07, 6.45) is -2.09. The van der Waals surface area contributed by atoms with Crippen molar-refractivity contribution in [3.63, 3.8) is 0 Å². The molecule has 4 heteroatoms. The summed E-state index contributed by atoms with van der Waals surface area (Å²) in [7, 11) is 0. The number of benzene rings is 1. The molecule has 0 spiro atoms. The number of halogens is 3. The van der Waals surface area contributed by atoms with Crippen molar-refractivity contribution in [3.05, 3.63) is 35.4 Å². The van der Waals surface area contributed by atoms with Crippen LogP contribution in [0.15, 0.2) is 24.3 Å². The van der Waals surface area contributed by atoms with Gasteiger partial charge in [0, 0.05) is 6.04 Å². The van der Waals surface area contributed by atoms with Gasteiger partial charge in [-0.05, 0) is 36.6 Å². The van der Waals surface area contributed by atoms with E-state index in [4.69, 9.17) is 0 Å². The largest absolute Gasteiger partial charge is 0.416 e. The summed E-state index contributed by atoms with van der Waals surface area (Å²) in [5, 5.41) is 3.35. The SMILES string of the molecule is CCC1CCNC1c1ccc(C(F)(F)F)cc1. The minimum Gasteiger partial charge on any atom is -0.310 e. The molecule has 1 N–H and O–H groups in total. The fourth-order valence-electron chi connectivity index (χ4n) is 2.47. The van der Waals surface area contributed by atoms with Gasteiger partial charge in [0.1, 0.15) is 0 Å². The standard InChI is InChI=1S/C13H16F3N/c1-2-9-7-8-17-12(9)10-3-5-11(6-4-10)13(14,15)16/h3-6,9,12,17H,2,7-8H2,1H3. The second kappa shape index (κ2) is 4.69. The van der Waals surface area contributed by atoms with E-state index in [-0.39, 0.29) is 6.04 Å². The molecule has 2 unspecified atom stereocenters. The number of hydrogen-bond donors (Lipinski definition) is 1. The summed E-state index contributed by atoms with van der Waals surface area (Å²) < 4.78 is 37.3. The molecule has 1 heterocycles. The minimum atomic E-state index is -4.24. The smallest absolute Gasteiger partial charge is 0.310 e. The zero-order chi connectivity index (χ0) is 12.5. The van der Waals surface area contributed by atoms with Crippen LogP contribution in [0.2, 0.25) is 0 Å². The molecule has 0 bridgehead atoms. The first-order chi connectivity index (χ1) is 8.02. The van der Waals surface area contributed by atoms with E-state index < -0.39 is 11.7 Å². The van der Waals surface area contributed by atoms with E-state index in [1.54, 1.807) is 12.1 Å². The molecule has 0 radical (unpaired) electrons. The van der Waals surface area contributed by atoms with Crippen molar-refractivity contribution in [2.45, 2.75) is 32.0 Å². The molecule has 1 aromatic carbocycles. The van der Waals surface area contributed by atoms with E-state index in [1.165, 1.54) is 12.1 Å². The van der Waals surface area contributed by atoms with Crippen molar-refractivity contribution in [1.29, 1.82) is 0 Å². The molecule has 0 saturated carbocycles. The summed E-state index contributed by atoms with van der Waals surface area (Å²) in [5.41, 5.74) is 0.384. The lowest BCUT2D eigenvalue weighted by Crippen LogP contribution is -2.17. The Labute approximate surface area is 99.0 Å². The van der Waals surface area contributed by atoms with Crippen LogP contribution in [0, 0.1) is 5.92 Å². The Hall–Kier alpha value is -1.03. The minimum absolute atomic E-state index is 0.210. The lowest BCUT2D eigenvalue weighted by molar-refractivity contribution is -0.137. The molecule has 0 aliphatic carbocycles. The molecular formula is C13H16F3N. The van der Waals surface area contributed by atoms with Gasteiger partial charge in [0.15, 0.2) is 0 Å². The van der Waals surface area contributed by atoms with Crippen LogP contribution in [0.4, 0.5) is 13.2 Å². The van der Waals surface area contributed by atoms with E-state index in [1.807, 2.05) is 0 Å². The van der Waals surface area contributed by atoms with Crippen LogP contribution in [0.5, 0.6) is 0 Å². The average molecular weight is 243 g/mol. The van der Waals surface area contributed by atoms with E-state index in [0.717, 1.165) is 24.9 Å². The summed E-state index contributed by atoms with van der Waals surface area (Å²) in [6, 6.07) is 5.73. The maximum Gasteiger partial charge on any atom is 0.416 e. The molecule has 0 amide bonds. The van der Waals surface area contributed by atoms with Crippen LogP contribution in [0.1, 0.15) is 36.9 Å². The summed E-state index contributed by atoms with van der Waals surface area (Å²) in [6.45, 7) is 3.07. The molecule has 94 valence electrons. The molecule has 1 nitrogen and oxygen atoms in total. The average Bonchev–Trinajstić information content (AvgIpc) is 2.76. The van der Waals surface area contributed by atoms with Crippen molar-refractivity contribution >= 4 is 0 Å². The highest BCUT2D eigenvalue weighted by Crippen LogP contribution is 2.34. The third-order valence-corrected chi connectivity index (χ3v) is 3.47. The first-order valence-electron chi connectivity index (χ1n) is 5.93. The summed E-state index contributed by atoms with van der Waals surface area (Å²) in [4.78, 5) is 0. The Morgan fingerprint density at radius 3 is 2.41 bits per heavy atom. The molecule has 2 atom stereocenters. The predicted molar refractivity (Wildman–Crippen MR) is 60.6 cm³/mol. The highest BCUT2D eigenvalue weighted by molar-refractivity contribution is 5.27. The highest BCUT2D eigenvalue weighted by atomic mass is 19.4. The lowest BCUT2D eigenvalue weighted by atomic mass is 9.92. The normalized spacial score (nSPS) is 25.2. The van der Waals surface area contributed by atoms with Gasteiger partial charge >= 0.3 is 6.18 Å². The quantitative estimate of drug-likeness (QED) is 0.833. The first kappa shape index (κ1) is 12.4. The molecule has 0 aromatic heterocycles. The Morgan fingerprint density at radius 1 is 1.24 bits per heavy atom. The van der Waals surface area contributed by atoms with Crippen molar-refractivity contribution < 1.29 is 13.2 Å². The summed E-state index contributed by atoms with van der Waals surface area (Å²) in [5.74, 6) is 0.534. The zero-order valence-electron chi connectivity index (χ0n) is 9.72. The monoisotopic (exact) mass is 243 g/mol. The maximum atomic E-state index is 12.4. The van der Waals surface area contributed by atoms with E-state index in [9.17, 15) is 13.2 Å². The summed E-state index contributed by atoms with van der Waals surface area (Å²) >= 11 is 0. The Bertz CT molecular complexity index is 369. The highest BCUT2D eigenvalue weighted by Gasteiger charge is 2.31. The van der Waals surface area contributed by atoms with Gasteiger partial charge in [0.2, 0.25) is 0 Å². The van der Waals surface area contributed by atoms with Crippen LogP contribution in [0.3, 0.4) is 0 Å². The molecule has 1 saturated heterocycles. The fourth-order valence-corrected chi connectivity index (χ4v) is 2.47. The maximum absolute atomic E-state index is 12.4. The second-order valence-electron chi connectivity index (χ2n) is 4.51. The predicted octanol–water partition coefficient (Wildman–Crippen LogP) is 3.77. The van der Waals surface area contributed by atoms with Crippen molar-refractivity contribution in [2.24, 2.45) is 5.92 Å². The van der Waals surface area contributed by atoms with E-state index >= 15 is 0 Å². The van der Waals surface area contributed by atoms with Crippen molar-refractivity contribution in [3.8, 4) is 0 Å².